The molecule has 0 bridgehead atoms. The number of halogens is 2. The molecule has 7 heteroatoms. The highest BCUT2D eigenvalue weighted by molar-refractivity contribution is 6.30. The minimum atomic E-state index is -0.425. The van der Waals surface area contributed by atoms with E-state index in [4.69, 9.17) is 21.8 Å². The SMILES string of the molecule is O=C(c1ccccc1)N1N=C(c2ccc(Cl)cc2)C[C@@H]1c1cn(-c2ccccc2)nc1-c1ccc(F)cc1. The van der Waals surface area contributed by atoms with Crippen LogP contribution in [0, 0.1) is 5.82 Å². The van der Waals surface area contributed by atoms with Gasteiger partial charge in [0.05, 0.1) is 23.1 Å². The van der Waals surface area contributed by atoms with Crippen LogP contribution >= 0.6 is 11.6 Å². The summed E-state index contributed by atoms with van der Waals surface area (Å²) in [6, 6.07) is 32.1. The highest BCUT2D eigenvalue weighted by Gasteiger charge is 2.36. The maximum atomic E-state index is 13.8. The lowest BCUT2D eigenvalue weighted by Crippen LogP contribution is -2.27. The minimum Gasteiger partial charge on any atom is -0.267 e. The number of carbonyl (C=O) groups is 1. The molecule has 0 aliphatic carbocycles. The summed E-state index contributed by atoms with van der Waals surface area (Å²) >= 11 is 6.12. The molecule has 0 unspecified atom stereocenters. The normalized spacial score (nSPS) is 14.9. The van der Waals surface area contributed by atoms with Crippen molar-refractivity contribution in [2.75, 3.05) is 0 Å². The van der Waals surface area contributed by atoms with Gasteiger partial charge in [-0.1, -0.05) is 60.1 Å². The fourth-order valence-electron chi connectivity index (χ4n) is 4.65. The van der Waals surface area contributed by atoms with Gasteiger partial charge in [-0.15, -0.1) is 0 Å². The summed E-state index contributed by atoms with van der Waals surface area (Å²) in [5, 5.41) is 11.9. The van der Waals surface area contributed by atoms with Crippen molar-refractivity contribution < 1.29 is 9.18 Å². The number of benzene rings is 4. The second-order valence-corrected chi connectivity index (χ2v) is 9.45. The van der Waals surface area contributed by atoms with Crippen LogP contribution in [-0.2, 0) is 0 Å². The molecule has 1 amide bonds. The molecule has 1 aromatic heterocycles. The topological polar surface area (TPSA) is 50.5 Å². The Labute approximate surface area is 224 Å². The van der Waals surface area contributed by atoms with E-state index in [1.54, 1.807) is 34.0 Å². The Morgan fingerprint density at radius 2 is 1.45 bits per heavy atom. The summed E-state index contributed by atoms with van der Waals surface area (Å²) in [5.41, 5.74) is 5.31. The van der Waals surface area contributed by atoms with Crippen LogP contribution in [0.3, 0.4) is 0 Å². The average molecular weight is 521 g/mol. The molecule has 0 radical (unpaired) electrons. The number of hydrogen-bond donors (Lipinski definition) is 0. The van der Waals surface area contributed by atoms with E-state index in [-0.39, 0.29) is 11.7 Å². The quantitative estimate of drug-likeness (QED) is 0.244. The molecular formula is C31H22ClFN4O. The van der Waals surface area contributed by atoms with E-state index < -0.39 is 6.04 Å². The van der Waals surface area contributed by atoms with Crippen molar-refractivity contribution in [1.82, 2.24) is 14.8 Å². The van der Waals surface area contributed by atoms with E-state index in [1.807, 2.05) is 79.0 Å². The van der Waals surface area contributed by atoms with Crippen molar-refractivity contribution in [3.8, 4) is 16.9 Å². The third kappa shape index (κ3) is 4.62. The Bertz CT molecular complexity index is 1610. The van der Waals surface area contributed by atoms with Gasteiger partial charge in [0.25, 0.3) is 5.91 Å². The predicted molar refractivity (Wildman–Crippen MR) is 147 cm³/mol. The van der Waals surface area contributed by atoms with Gasteiger partial charge in [-0.05, 0) is 66.2 Å². The molecule has 0 fully saturated rings. The first-order valence-electron chi connectivity index (χ1n) is 12.2. The van der Waals surface area contributed by atoms with Crippen LogP contribution in [0.2, 0.25) is 5.02 Å². The van der Waals surface area contributed by atoms with Gasteiger partial charge in [0.15, 0.2) is 0 Å². The number of carbonyl (C=O) groups excluding carboxylic acids is 1. The highest BCUT2D eigenvalue weighted by atomic mass is 35.5. The zero-order valence-corrected chi connectivity index (χ0v) is 21.0. The van der Waals surface area contributed by atoms with Crippen molar-refractivity contribution in [2.24, 2.45) is 5.10 Å². The Kier molecular flexibility index (Phi) is 6.32. The number of aromatic nitrogens is 2. The molecule has 38 heavy (non-hydrogen) atoms. The summed E-state index contributed by atoms with van der Waals surface area (Å²) in [7, 11) is 0. The van der Waals surface area contributed by atoms with Crippen molar-refractivity contribution in [1.29, 1.82) is 0 Å². The third-order valence-corrected chi connectivity index (χ3v) is 6.81. The second kappa shape index (κ2) is 10.1. The fraction of sp³-hybridized carbons (Fsp3) is 0.0645. The van der Waals surface area contributed by atoms with E-state index in [2.05, 4.69) is 0 Å². The van der Waals surface area contributed by atoms with Crippen LogP contribution in [0.1, 0.15) is 33.9 Å². The van der Waals surface area contributed by atoms with E-state index >= 15 is 0 Å². The molecule has 0 N–H and O–H groups in total. The number of amides is 1. The molecule has 0 saturated carbocycles. The van der Waals surface area contributed by atoms with Crippen LogP contribution in [-0.4, -0.2) is 26.4 Å². The lowest BCUT2D eigenvalue weighted by atomic mass is 9.96. The van der Waals surface area contributed by atoms with Crippen molar-refractivity contribution in [2.45, 2.75) is 12.5 Å². The zero-order chi connectivity index (χ0) is 26.1. The lowest BCUT2D eigenvalue weighted by Gasteiger charge is -2.22. The highest BCUT2D eigenvalue weighted by Crippen LogP contribution is 2.39. The lowest BCUT2D eigenvalue weighted by molar-refractivity contribution is 0.0711. The van der Waals surface area contributed by atoms with Crippen LogP contribution in [0.15, 0.2) is 120 Å². The molecule has 1 aliphatic rings. The molecule has 0 saturated heterocycles. The first kappa shape index (κ1) is 23.8. The Balaban J connectivity index is 1.49. The summed E-state index contributed by atoms with van der Waals surface area (Å²) < 4.78 is 15.6. The summed E-state index contributed by atoms with van der Waals surface area (Å²) in [6.45, 7) is 0. The van der Waals surface area contributed by atoms with E-state index in [0.29, 0.717) is 22.7 Å². The Morgan fingerprint density at radius 3 is 2.13 bits per heavy atom. The maximum Gasteiger partial charge on any atom is 0.274 e. The van der Waals surface area contributed by atoms with Gasteiger partial charge in [0.2, 0.25) is 0 Å². The minimum absolute atomic E-state index is 0.211. The molecule has 1 aliphatic heterocycles. The monoisotopic (exact) mass is 520 g/mol. The molecule has 6 rings (SSSR count). The predicted octanol–water partition coefficient (Wildman–Crippen LogP) is 7.32. The van der Waals surface area contributed by atoms with Crippen molar-refractivity contribution >= 4 is 23.2 Å². The number of rotatable bonds is 5. The summed E-state index contributed by atoms with van der Waals surface area (Å²) in [4.78, 5) is 13.8. The van der Waals surface area contributed by atoms with E-state index in [1.165, 1.54) is 12.1 Å². The van der Waals surface area contributed by atoms with Gasteiger partial charge in [-0.3, -0.25) is 4.79 Å². The number of para-hydroxylation sites is 1. The number of hydrazone groups is 1. The molecule has 0 spiro atoms. The first-order chi connectivity index (χ1) is 18.6. The Hall–Kier alpha value is -4.55. The van der Waals surface area contributed by atoms with Gasteiger partial charge >= 0.3 is 0 Å². The number of nitrogens with zero attached hydrogens (tertiary/aromatic N) is 4. The van der Waals surface area contributed by atoms with Crippen LogP contribution in [0.5, 0.6) is 0 Å². The summed E-state index contributed by atoms with van der Waals surface area (Å²) in [5.74, 6) is -0.537. The molecule has 4 aromatic carbocycles. The summed E-state index contributed by atoms with van der Waals surface area (Å²) in [6.07, 6.45) is 2.42. The maximum absolute atomic E-state index is 13.8. The van der Waals surface area contributed by atoms with Crippen LogP contribution in [0.4, 0.5) is 4.39 Å². The molecule has 5 aromatic rings. The van der Waals surface area contributed by atoms with E-state index in [0.717, 1.165) is 28.1 Å². The van der Waals surface area contributed by atoms with E-state index in [9.17, 15) is 9.18 Å². The second-order valence-electron chi connectivity index (χ2n) is 9.01. The molecular weight excluding hydrogens is 499 g/mol. The zero-order valence-electron chi connectivity index (χ0n) is 20.2. The number of hydrogen-bond acceptors (Lipinski definition) is 3. The van der Waals surface area contributed by atoms with Crippen LogP contribution < -0.4 is 0 Å². The molecule has 5 nitrogen and oxygen atoms in total. The van der Waals surface area contributed by atoms with Crippen LogP contribution in [0.25, 0.3) is 16.9 Å². The van der Waals surface area contributed by atoms with Gasteiger partial charge in [-0.2, -0.15) is 10.2 Å². The van der Waals surface area contributed by atoms with Gasteiger partial charge in [0, 0.05) is 34.3 Å². The molecule has 1 atom stereocenters. The van der Waals surface area contributed by atoms with Gasteiger partial charge in [0.1, 0.15) is 5.82 Å². The Morgan fingerprint density at radius 1 is 0.816 bits per heavy atom. The smallest absolute Gasteiger partial charge is 0.267 e. The van der Waals surface area contributed by atoms with Gasteiger partial charge < -0.3 is 0 Å². The fourth-order valence-corrected chi connectivity index (χ4v) is 4.77. The first-order valence-corrected chi connectivity index (χ1v) is 12.6. The molecule has 2 heterocycles. The largest absolute Gasteiger partial charge is 0.274 e. The van der Waals surface area contributed by atoms with Crippen molar-refractivity contribution in [3.63, 3.8) is 0 Å². The average Bonchev–Trinajstić information content (AvgIpc) is 3.60. The standard InChI is InChI=1S/C31H22ClFN4O/c32-24-15-11-21(12-16-24)28-19-29(37(34-28)31(38)23-7-3-1-4-8-23)27-20-36(26-9-5-2-6-10-26)35-30(27)22-13-17-25(33)18-14-22/h1-18,20,29H,19H2/t29-/m1/s1. The van der Waals surface area contributed by atoms with Crippen molar-refractivity contribution in [3.05, 3.63) is 143 Å². The third-order valence-electron chi connectivity index (χ3n) is 6.56. The molecule has 186 valence electrons. The van der Waals surface area contributed by atoms with Gasteiger partial charge in [-0.25, -0.2) is 14.1 Å².